The molecule has 0 aliphatic heterocycles. The van der Waals surface area contributed by atoms with Gasteiger partial charge in [-0.2, -0.15) is 0 Å². The van der Waals surface area contributed by atoms with E-state index < -0.39 is 23.2 Å². The van der Waals surface area contributed by atoms with Crippen LogP contribution in [0.4, 0.5) is 4.39 Å². The molecule has 1 fully saturated rings. The molecule has 1 saturated carbocycles. The van der Waals surface area contributed by atoms with Crippen LogP contribution in [0, 0.1) is 23.1 Å². The average molecular weight is 279 g/mol. The fourth-order valence-electron chi connectivity index (χ4n) is 2.73. The van der Waals surface area contributed by atoms with Crippen LogP contribution in [0.5, 0.6) is 0 Å². The van der Waals surface area contributed by atoms with Crippen molar-refractivity contribution < 1.29 is 19.1 Å². The number of hydrogen-bond donors (Lipinski definition) is 2. The summed E-state index contributed by atoms with van der Waals surface area (Å²) in [6.07, 6.45) is 0. The van der Waals surface area contributed by atoms with E-state index in [0.29, 0.717) is 0 Å². The van der Waals surface area contributed by atoms with E-state index in [-0.39, 0.29) is 17.8 Å². The van der Waals surface area contributed by atoms with Crippen LogP contribution in [-0.4, -0.2) is 17.0 Å². The highest BCUT2D eigenvalue weighted by atomic mass is 19.1. The van der Waals surface area contributed by atoms with Gasteiger partial charge in [0.25, 0.3) is 0 Å². The zero-order chi connectivity index (χ0) is 15.1. The minimum Gasteiger partial charge on any atom is -0.481 e. The summed E-state index contributed by atoms with van der Waals surface area (Å²) in [4.78, 5) is 23.2. The van der Waals surface area contributed by atoms with Crippen LogP contribution in [0.15, 0.2) is 24.3 Å². The number of carboxylic acid groups (broad SMARTS) is 1. The molecule has 1 aliphatic rings. The maximum absolute atomic E-state index is 12.8. The Morgan fingerprint density at radius 1 is 1.25 bits per heavy atom. The normalized spacial score (nSPS) is 24.8. The van der Waals surface area contributed by atoms with Crippen LogP contribution in [0.25, 0.3) is 0 Å². The second-order valence-corrected chi connectivity index (χ2v) is 5.90. The Morgan fingerprint density at radius 3 is 2.25 bits per heavy atom. The molecule has 1 aromatic rings. The molecule has 1 aromatic carbocycles. The largest absolute Gasteiger partial charge is 0.481 e. The van der Waals surface area contributed by atoms with E-state index in [1.165, 1.54) is 12.1 Å². The SMILES string of the molecule is C[C@@H](NC(=O)[C@H]1[C@@H](C(=O)O)C1(C)C)c1ccc(F)cc1. The number of hydrogen-bond acceptors (Lipinski definition) is 2. The highest BCUT2D eigenvalue weighted by Crippen LogP contribution is 2.58. The van der Waals surface area contributed by atoms with E-state index in [4.69, 9.17) is 5.11 Å². The molecule has 2 N–H and O–H groups in total. The standard InChI is InChI=1S/C15H18FNO3/c1-8(9-4-6-10(16)7-5-9)17-13(18)11-12(14(19)20)15(11,2)3/h4-8,11-12H,1-3H3,(H,17,18)(H,19,20)/t8-,11-,12+/m1/s1. The van der Waals surface area contributed by atoms with E-state index in [1.54, 1.807) is 32.9 Å². The van der Waals surface area contributed by atoms with Crippen molar-refractivity contribution in [3.05, 3.63) is 35.6 Å². The lowest BCUT2D eigenvalue weighted by Crippen LogP contribution is -2.30. The zero-order valence-electron chi connectivity index (χ0n) is 11.7. The van der Waals surface area contributed by atoms with Crippen molar-refractivity contribution in [3.8, 4) is 0 Å². The zero-order valence-corrected chi connectivity index (χ0v) is 11.7. The number of nitrogens with one attached hydrogen (secondary N) is 1. The number of carboxylic acids is 1. The quantitative estimate of drug-likeness (QED) is 0.889. The first-order valence-corrected chi connectivity index (χ1v) is 6.53. The van der Waals surface area contributed by atoms with Crippen molar-refractivity contribution >= 4 is 11.9 Å². The Balaban J connectivity index is 2.02. The summed E-state index contributed by atoms with van der Waals surface area (Å²) in [6.45, 7) is 5.34. The smallest absolute Gasteiger partial charge is 0.307 e. The van der Waals surface area contributed by atoms with Gasteiger partial charge in [0, 0.05) is 0 Å². The second kappa shape index (κ2) is 4.89. The lowest BCUT2D eigenvalue weighted by Gasteiger charge is -2.15. The van der Waals surface area contributed by atoms with Crippen LogP contribution in [0.3, 0.4) is 0 Å². The maximum Gasteiger partial charge on any atom is 0.307 e. The van der Waals surface area contributed by atoms with Crippen molar-refractivity contribution in [2.45, 2.75) is 26.8 Å². The third kappa shape index (κ3) is 2.53. The van der Waals surface area contributed by atoms with Crippen LogP contribution < -0.4 is 5.32 Å². The Morgan fingerprint density at radius 2 is 1.80 bits per heavy atom. The molecule has 1 aliphatic carbocycles. The molecule has 108 valence electrons. The first kappa shape index (κ1) is 14.5. The van der Waals surface area contributed by atoms with Gasteiger partial charge in [0.05, 0.1) is 17.9 Å². The third-order valence-electron chi connectivity index (χ3n) is 4.10. The Bertz CT molecular complexity index is 539. The lowest BCUT2D eigenvalue weighted by molar-refractivity contribution is -0.140. The van der Waals surface area contributed by atoms with Crippen molar-refractivity contribution in [1.82, 2.24) is 5.32 Å². The van der Waals surface area contributed by atoms with Gasteiger partial charge in [-0.25, -0.2) is 4.39 Å². The third-order valence-corrected chi connectivity index (χ3v) is 4.10. The van der Waals surface area contributed by atoms with E-state index in [2.05, 4.69) is 5.32 Å². The molecular weight excluding hydrogens is 261 g/mol. The second-order valence-electron chi connectivity index (χ2n) is 5.90. The number of rotatable bonds is 4. The van der Waals surface area contributed by atoms with Gasteiger partial charge in [-0.1, -0.05) is 26.0 Å². The first-order valence-electron chi connectivity index (χ1n) is 6.53. The van der Waals surface area contributed by atoms with E-state index in [0.717, 1.165) is 5.56 Å². The fraction of sp³-hybridized carbons (Fsp3) is 0.467. The van der Waals surface area contributed by atoms with Gasteiger partial charge in [0.1, 0.15) is 5.82 Å². The topological polar surface area (TPSA) is 66.4 Å². The Kier molecular flexibility index (Phi) is 3.54. The molecule has 0 aromatic heterocycles. The van der Waals surface area contributed by atoms with Crippen molar-refractivity contribution in [2.24, 2.45) is 17.3 Å². The molecule has 4 nitrogen and oxygen atoms in total. The molecule has 0 radical (unpaired) electrons. The minimum absolute atomic E-state index is 0.265. The van der Waals surface area contributed by atoms with Crippen molar-refractivity contribution in [3.63, 3.8) is 0 Å². The molecule has 3 atom stereocenters. The van der Waals surface area contributed by atoms with Crippen LogP contribution in [0.1, 0.15) is 32.4 Å². The average Bonchev–Trinajstić information content (AvgIpc) is 2.93. The van der Waals surface area contributed by atoms with Gasteiger partial charge >= 0.3 is 5.97 Å². The summed E-state index contributed by atoms with van der Waals surface area (Å²) < 4.78 is 12.8. The van der Waals surface area contributed by atoms with Crippen LogP contribution >= 0.6 is 0 Å². The number of carbonyl (C=O) groups is 2. The number of benzene rings is 1. The fourth-order valence-corrected chi connectivity index (χ4v) is 2.73. The Labute approximate surface area is 117 Å². The summed E-state index contributed by atoms with van der Waals surface area (Å²) in [5.41, 5.74) is 0.267. The summed E-state index contributed by atoms with van der Waals surface area (Å²) in [7, 11) is 0. The number of halogens is 1. The van der Waals surface area contributed by atoms with Gasteiger partial charge < -0.3 is 10.4 Å². The van der Waals surface area contributed by atoms with E-state index >= 15 is 0 Å². The maximum atomic E-state index is 12.8. The van der Waals surface area contributed by atoms with Gasteiger partial charge in [-0.15, -0.1) is 0 Å². The molecule has 5 heteroatoms. The number of aliphatic carboxylic acids is 1. The first-order chi connectivity index (χ1) is 9.25. The summed E-state index contributed by atoms with van der Waals surface area (Å²) in [5.74, 6) is -2.68. The molecule has 0 heterocycles. The summed E-state index contributed by atoms with van der Waals surface area (Å²) >= 11 is 0. The molecule has 0 saturated heterocycles. The number of amides is 1. The predicted octanol–water partition coefficient (Wildman–Crippen LogP) is 2.36. The molecule has 20 heavy (non-hydrogen) atoms. The molecular formula is C15H18FNO3. The monoisotopic (exact) mass is 279 g/mol. The van der Waals surface area contributed by atoms with Crippen LogP contribution in [0.2, 0.25) is 0 Å². The van der Waals surface area contributed by atoms with E-state index in [1.807, 2.05) is 0 Å². The molecule has 1 amide bonds. The van der Waals surface area contributed by atoms with Gasteiger partial charge in [-0.3, -0.25) is 9.59 Å². The minimum atomic E-state index is -0.940. The molecule has 0 bridgehead atoms. The Hall–Kier alpha value is -1.91. The van der Waals surface area contributed by atoms with Crippen molar-refractivity contribution in [2.75, 3.05) is 0 Å². The molecule has 2 rings (SSSR count). The number of carbonyl (C=O) groups excluding carboxylic acids is 1. The molecule has 0 unspecified atom stereocenters. The van der Waals surface area contributed by atoms with E-state index in [9.17, 15) is 14.0 Å². The van der Waals surface area contributed by atoms with Gasteiger partial charge in [0.2, 0.25) is 5.91 Å². The highest BCUT2D eigenvalue weighted by molar-refractivity contribution is 5.91. The van der Waals surface area contributed by atoms with Gasteiger partial charge in [0.15, 0.2) is 0 Å². The summed E-state index contributed by atoms with van der Waals surface area (Å²) in [6, 6.07) is 5.59. The van der Waals surface area contributed by atoms with Crippen molar-refractivity contribution in [1.29, 1.82) is 0 Å². The van der Waals surface area contributed by atoms with Crippen LogP contribution in [-0.2, 0) is 9.59 Å². The van der Waals surface area contributed by atoms with Gasteiger partial charge in [-0.05, 0) is 30.0 Å². The summed E-state index contributed by atoms with van der Waals surface area (Å²) in [5, 5.41) is 11.9. The predicted molar refractivity (Wildman–Crippen MR) is 71.4 cm³/mol. The lowest BCUT2D eigenvalue weighted by atomic mass is 10.1. The molecule has 0 spiro atoms. The highest BCUT2D eigenvalue weighted by Gasteiger charge is 2.65.